The van der Waals surface area contributed by atoms with Crippen molar-refractivity contribution in [2.24, 2.45) is 0 Å². The molecule has 1 aromatic heterocycles. The van der Waals surface area contributed by atoms with E-state index in [4.69, 9.17) is 5.21 Å². The third-order valence-corrected chi connectivity index (χ3v) is 5.68. The van der Waals surface area contributed by atoms with Crippen molar-refractivity contribution in [3.05, 3.63) is 59.6 Å². The van der Waals surface area contributed by atoms with Crippen LogP contribution < -0.4 is 5.48 Å². The molecule has 0 unspecified atom stereocenters. The van der Waals surface area contributed by atoms with Crippen molar-refractivity contribution in [1.29, 1.82) is 0 Å². The molecule has 2 aromatic rings. The zero-order valence-corrected chi connectivity index (χ0v) is 17.6. The highest BCUT2D eigenvalue weighted by Gasteiger charge is 2.19. The van der Waals surface area contributed by atoms with Gasteiger partial charge >= 0.3 is 16.0 Å². The molecular formula is C17H21N3O7S2. The van der Waals surface area contributed by atoms with Crippen LogP contribution in [0, 0.1) is 0 Å². The largest absolute Gasteiger partial charge is 0.377 e. The standard InChI is InChI=1S/C17H21N3O7S2/c1-19(2)11-13-4-6-15(7-5-13)29(25,26)20-9-8-14(12-20)10-16(17(21)18-22)27-28(3,23)24/h4-10,12,22H,11H2,1-3H3,(H,18,21)/b16-10+. The van der Waals surface area contributed by atoms with E-state index in [1.807, 2.05) is 19.0 Å². The minimum absolute atomic E-state index is 0.0619. The van der Waals surface area contributed by atoms with Gasteiger partial charge in [0.05, 0.1) is 11.2 Å². The lowest BCUT2D eigenvalue weighted by molar-refractivity contribution is -0.127. The van der Waals surface area contributed by atoms with Crippen molar-refractivity contribution in [2.75, 3.05) is 20.4 Å². The molecule has 10 nitrogen and oxygen atoms in total. The quantitative estimate of drug-likeness (QED) is 0.199. The van der Waals surface area contributed by atoms with Crippen LogP contribution in [0.5, 0.6) is 0 Å². The summed E-state index contributed by atoms with van der Waals surface area (Å²) in [6.45, 7) is 0.662. The van der Waals surface area contributed by atoms with Crippen LogP contribution in [0.1, 0.15) is 11.1 Å². The Morgan fingerprint density at radius 1 is 1.17 bits per heavy atom. The fourth-order valence-electron chi connectivity index (χ4n) is 2.38. The first-order valence-corrected chi connectivity index (χ1v) is 11.4. The lowest BCUT2D eigenvalue weighted by Crippen LogP contribution is -2.23. The molecule has 0 aliphatic carbocycles. The van der Waals surface area contributed by atoms with E-state index in [2.05, 4.69) is 4.18 Å². The van der Waals surface area contributed by atoms with Crippen LogP contribution in [0.4, 0.5) is 0 Å². The van der Waals surface area contributed by atoms with Gasteiger partial charge in [0.1, 0.15) is 0 Å². The molecule has 1 aromatic carbocycles. The summed E-state index contributed by atoms with van der Waals surface area (Å²) in [6, 6.07) is 7.73. The molecule has 0 bridgehead atoms. The van der Waals surface area contributed by atoms with Crippen LogP contribution in [0.25, 0.3) is 6.08 Å². The summed E-state index contributed by atoms with van der Waals surface area (Å²) >= 11 is 0. The van der Waals surface area contributed by atoms with Gasteiger partial charge in [-0.15, -0.1) is 0 Å². The first-order valence-electron chi connectivity index (χ1n) is 8.15. The van der Waals surface area contributed by atoms with Gasteiger partial charge in [0.25, 0.3) is 10.0 Å². The van der Waals surface area contributed by atoms with Crippen molar-refractivity contribution in [2.45, 2.75) is 11.4 Å². The molecule has 0 atom stereocenters. The van der Waals surface area contributed by atoms with Gasteiger partial charge in [0.15, 0.2) is 0 Å². The summed E-state index contributed by atoms with van der Waals surface area (Å²) in [5.74, 6) is -1.93. The molecule has 158 valence electrons. The molecule has 29 heavy (non-hydrogen) atoms. The third-order valence-electron chi connectivity index (χ3n) is 3.55. The van der Waals surface area contributed by atoms with Crippen molar-refractivity contribution < 1.29 is 31.0 Å². The maximum absolute atomic E-state index is 12.8. The van der Waals surface area contributed by atoms with Gasteiger partial charge in [-0.25, -0.2) is 17.9 Å². The number of nitrogens with zero attached hydrogens (tertiary/aromatic N) is 2. The summed E-state index contributed by atoms with van der Waals surface area (Å²) in [4.78, 5) is 13.6. The van der Waals surface area contributed by atoms with Crippen molar-refractivity contribution >= 4 is 32.1 Å². The highest BCUT2D eigenvalue weighted by atomic mass is 32.2. The summed E-state index contributed by atoms with van der Waals surface area (Å²) < 4.78 is 53.5. The molecule has 0 spiro atoms. The fraction of sp³-hybridized carbons (Fsp3) is 0.235. The third kappa shape index (κ3) is 6.15. The number of hydrogen-bond acceptors (Lipinski definition) is 8. The van der Waals surface area contributed by atoms with Gasteiger partial charge in [-0.1, -0.05) is 12.1 Å². The van der Waals surface area contributed by atoms with Gasteiger partial charge in [-0.3, -0.25) is 10.0 Å². The number of amides is 1. The number of carbonyl (C=O) groups excluding carboxylic acids is 1. The van der Waals surface area contributed by atoms with Gasteiger partial charge in [-0.05, 0) is 49.5 Å². The summed E-state index contributed by atoms with van der Waals surface area (Å²) in [5.41, 5.74) is 2.38. The van der Waals surface area contributed by atoms with Crippen LogP contribution >= 0.6 is 0 Å². The van der Waals surface area contributed by atoms with E-state index in [1.165, 1.54) is 36.1 Å². The number of hydrogen-bond donors (Lipinski definition) is 2. The van der Waals surface area contributed by atoms with Gasteiger partial charge in [0, 0.05) is 18.9 Å². The summed E-state index contributed by atoms with van der Waals surface area (Å²) in [7, 11) is -4.14. The van der Waals surface area contributed by atoms with E-state index in [9.17, 15) is 21.6 Å². The molecule has 2 rings (SSSR count). The Morgan fingerprint density at radius 3 is 2.31 bits per heavy atom. The maximum atomic E-state index is 12.8. The normalized spacial score (nSPS) is 12.8. The van der Waals surface area contributed by atoms with E-state index in [0.29, 0.717) is 6.54 Å². The number of benzene rings is 1. The Kier molecular flexibility index (Phi) is 6.85. The number of hydroxylamine groups is 1. The highest BCUT2D eigenvalue weighted by molar-refractivity contribution is 7.90. The number of rotatable bonds is 8. The van der Waals surface area contributed by atoms with E-state index >= 15 is 0 Å². The van der Waals surface area contributed by atoms with Gasteiger partial charge in [-0.2, -0.15) is 8.42 Å². The lowest BCUT2D eigenvalue weighted by atomic mass is 10.2. The average molecular weight is 444 g/mol. The molecule has 0 saturated carbocycles. The molecule has 2 N–H and O–H groups in total. The molecule has 0 fully saturated rings. The molecule has 12 heteroatoms. The van der Waals surface area contributed by atoms with Crippen molar-refractivity contribution in [3.63, 3.8) is 0 Å². The zero-order chi connectivity index (χ0) is 21.8. The highest BCUT2D eigenvalue weighted by Crippen LogP contribution is 2.18. The Balaban J connectivity index is 2.34. The molecule has 0 aliphatic heterocycles. The van der Waals surface area contributed by atoms with Crippen LogP contribution in [0.15, 0.2) is 53.4 Å². The Bertz CT molecular complexity index is 1120. The number of nitrogens with one attached hydrogen (secondary N) is 1. The van der Waals surface area contributed by atoms with Crippen LogP contribution in [-0.2, 0) is 35.7 Å². The Labute approximate surface area is 169 Å². The maximum Gasteiger partial charge on any atom is 0.311 e. The van der Waals surface area contributed by atoms with Crippen LogP contribution in [0.3, 0.4) is 0 Å². The minimum Gasteiger partial charge on any atom is -0.377 e. The first-order chi connectivity index (χ1) is 13.4. The molecule has 0 saturated heterocycles. The molecule has 1 heterocycles. The average Bonchev–Trinajstić information content (AvgIpc) is 3.08. The SMILES string of the molecule is CN(C)Cc1ccc(S(=O)(=O)n2ccc(/C=C(/OS(C)(=O)=O)C(=O)NO)c2)cc1. The second-order valence-electron chi connectivity index (χ2n) is 6.40. The van der Waals surface area contributed by atoms with Gasteiger partial charge < -0.3 is 9.08 Å². The summed E-state index contributed by atoms with van der Waals surface area (Å²) in [6.07, 6.45) is 4.13. The van der Waals surface area contributed by atoms with Crippen molar-refractivity contribution in [1.82, 2.24) is 14.4 Å². The number of aromatic nitrogens is 1. The fourth-order valence-corrected chi connectivity index (χ4v) is 4.03. The van der Waals surface area contributed by atoms with E-state index in [-0.39, 0.29) is 10.5 Å². The predicted octanol–water partition coefficient (Wildman–Crippen LogP) is 0.609. The second kappa shape index (κ2) is 8.78. The van der Waals surface area contributed by atoms with Crippen LogP contribution in [0.2, 0.25) is 0 Å². The number of carbonyl (C=O) groups is 1. The Morgan fingerprint density at radius 2 is 1.79 bits per heavy atom. The monoisotopic (exact) mass is 443 g/mol. The predicted molar refractivity (Wildman–Crippen MR) is 105 cm³/mol. The first kappa shape index (κ1) is 22.6. The van der Waals surface area contributed by atoms with Crippen molar-refractivity contribution in [3.8, 4) is 0 Å². The van der Waals surface area contributed by atoms with E-state index in [0.717, 1.165) is 21.9 Å². The smallest absolute Gasteiger partial charge is 0.311 e. The molecular weight excluding hydrogens is 422 g/mol. The lowest BCUT2D eigenvalue weighted by Gasteiger charge is -2.10. The second-order valence-corrected chi connectivity index (χ2v) is 9.82. The van der Waals surface area contributed by atoms with E-state index in [1.54, 1.807) is 12.1 Å². The molecule has 0 radical (unpaired) electrons. The molecule has 0 aliphatic rings. The van der Waals surface area contributed by atoms with E-state index < -0.39 is 31.8 Å². The minimum atomic E-state index is -4.04. The zero-order valence-electron chi connectivity index (χ0n) is 15.9. The Hall–Kier alpha value is -2.67. The topological polar surface area (TPSA) is 135 Å². The molecule has 1 amide bonds. The summed E-state index contributed by atoms with van der Waals surface area (Å²) in [5, 5.41) is 8.72. The van der Waals surface area contributed by atoms with Gasteiger partial charge in [0.2, 0.25) is 5.76 Å². The van der Waals surface area contributed by atoms with Crippen LogP contribution in [-0.4, -0.2) is 57.2 Å².